The highest BCUT2D eigenvalue weighted by Gasteiger charge is 2.72. The quantitative estimate of drug-likeness (QED) is 0.171. The van der Waals surface area contributed by atoms with Crippen LogP contribution in [0.15, 0.2) is 146 Å². The molecule has 2 heterocycles. The first-order valence-electron chi connectivity index (χ1n) is 14.9. The van der Waals surface area contributed by atoms with E-state index >= 15 is 26.3 Å². The minimum Gasteiger partial charge on any atom is -0.309 e. The Morgan fingerprint density at radius 3 is 1.06 bits per heavy atom. The van der Waals surface area contributed by atoms with Crippen molar-refractivity contribution in [1.29, 1.82) is 0 Å². The van der Waals surface area contributed by atoms with E-state index in [2.05, 4.69) is 0 Å². The summed E-state index contributed by atoms with van der Waals surface area (Å²) in [6.07, 6.45) is -11.5. The molecule has 8 aromatic rings. The first-order valence-corrected chi connectivity index (χ1v) is 14.9. The molecule has 2 nitrogen and oxygen atoms in total. The van der Waals surface area contributed by atoms with E-state index in [0.717, 1.165) is 35.6 Å². The maximum Gasteiger partial charge on any atom is 0.411 e. The molecule has 0 bridgehead atoms. The van der Waals surface area contributed by atoms with Crippen LogP contribution < -0.4 is 0 Å². The Kier molecular flexibility index (Phi) is 6.31. The Labute approximate surface area is 264 Å². The summed E-state index contributed by atoms with van der Waals surface area (Å²) in [5.74, 6) is 0. The molecule has 0 aliphatic carbocycles. The number of hydrogen-bond acceptors (Lipinski definition) is 0. The molecule has 47 heavy (non-hydrogen) atoms. The highest BCUT2D eigenvalue weighted by Crippen LogP contribution is 2.57. The van der Waals surface area contributed by atoms with Gasteiger partial charge in [0.2, 0.25) is 5.41 Å². The molecule has 8 heteroatoms. The SMILES string of the molecule is FC(F)(F)C(c1ccc2c(c1)c1ccccc1n2-c1ccccc1)(c1ccc2c(c1)c1ccccc1n2-c1ccccc1)C(F)(F)F. The van der Waals surface area contributed by atoms with Crippen LogP contribution in [0.25, 0.3) is 55.0 Å². The largest absolute Gasteiger partial charge is 0.411 e. The van der Waals surface area contributed by atoms with Crippen LogP contribution in [-0.4, -0.2) is 21.5 Å². The first-order chi connectivity index (χ1) is 22.6. The number of alkyl halides is 6. The number of aromatic nitrogens is 2. The van der Waals surface area contributed by atoms with Crippen LogP contribution >= 0.6 is 0 Å². The van der Waals surface area contributed by atoms with E-state index in [1.165, 1.54) is 12.1 Å². The van der Waals surface area contributed by atoms with Gasteiger partial charge in [-0.05, 0) is 71.8 Å². The van der Waals surface area contributed by atoms with Crippen LogP contribution in [0.3, 0.4) is 0 Å². The number of nitrogens with zero attached hydrogens (tertiary/aromatic N) is 2. The van der Waals surface area contributed by atoms with E-state index in [0.29, 0.717) is 43.6 Å². The number of rotatable bonds is 4. The highest BCUT2D eigenvalue weighted by atomic mass is 19.4. The zero-order valence-corrected chi connectivity index (χ0v) is 24.5. The van der Waals surface area contributed by atoms with E-state index in [4.69, 9.17) is 0 Å². The first kappa shape index (κ1) is 28.9. The van der Waals surface area contributed by atoms with Gasteiger partial charge in [0.05, 0.1) is 22.1 Å². The number of para-hydroxylation sites is 4. The van der Waals surface area contributed by atoms with Crippen LogP contribution in [0.1, 0.15) is 11.1 Å². The van der Waals surface area contributed by atoms with Crippen molar-refractivity contribution >= 4 is 43.6 Å². The molecular formula is C39H24F6N2. The van der Waals surface area contributed by atoms with Crippen LogP contribution in [0, 0.1) is 0 Å². The fourth-order valence-electron chi connectivity index (χ4n) is 7.10. The molecule has 6 aromatic carbocycles. The summed E-state index contributed by atoms with van der Waals surface area (Å²) >= 11 is 0. The van der Waals surface area contributed by atoms with Crippen molar-refractivity contribution in [2.75, 3.05) is 0 Å². The molecule has 0 atom stereocenters. The zero-order valence-electron chi connectivity index (χ0n) is 24.5. The number of halogens is 6. The average molecular weight is 635 g/mol. The van der Waals surface area contributed by atoms with E-state index in [-0.39, 0.29) is 0 Å². The summed E-state index contributed by atoms with van der Waals surface area (Å²) < 4.78 is 96.6. The molecule has 0 aliphatic heterocycles. The van der Waals surface area contributed by atoms with Gasteiger partial charge in [0.1, 0.15) is 0 Å². The van der Waals surface area contributed by atoms with Crippen molar-refractivity contribution in [3.05, 3.63) is 157 Å². The lowest BCUT2D eigenvalue weighted by Gasteiger charge is -2.38. The lowest BCUT2D eigenvalue weighted by atomic mass is 9.72. The molecule has 0 spiro atoms. The van der Waals surface area contributed by atoms with Crippen molar-refractivity contribution in [2.45, 2.75) is 17.8 Å². The molecule has 0 radical (unpaired) electrons. The second-order valence-electron chi connectivity index (χ2n) is 11.6. The Morgan fingerprint density at radius 2 is 0.681 bits per heavy atom. The summed E-state index contributed by atoms with van der Waals surface area (Å²) in [6, 6.07) is 39.2. The minimum atomic E-state index is -5.73. The maximum absolute atomic E-state index is 15.5. The number of fused-ring (bicyclic) bond motifs is 6. The van der Waals surface area contributed by atoms with Crippen LogP contribution in [-0.2, 0) is 5.41 Å². The third-order valence-electron chi connectivity index (χ3n) is 9.09. The second-order valence-corrected chi connectivity index (χ2v) is 11.6. The molecule has 8 rings (SSSR count). The van der Waals surface area contributed by atoms with Gasteiger partial charge in [-0.25, -0.2) is 0 Å². The number of benzene rings is 6. The fourth-order valence-corrected chi connectivity index (χ4v) is 7.10. The van der Waals surface area contributed by atoms with Crippen LogP contribution in [0.5, 0.6) is 0 Å². The molecule has 2 aromatic heterocycles. The monoisotopic (exact) mass is 634 g/mol. The molecule has 0 saturated heterocycles. The van der Waals surface area contributed by atoms with Gasteiger partial charge in [0, 0.05) is 32.9 Å². The maximum atomic E-state index is 15.5. The topological polar surface area (TPSA) is 9.86 Å². The summed E-state index contributed by atoms with van der Waals surface area (Å²) in [5, 5.41) is 1.68. The minimum absolute atomic E-state index is 0.293. The van der Waals surface area contributed by atoms with Crippen LogP contribution in [0.4, 0.5) is 26.3 Å². The van der Waals surface area contributed by atoms with E-state index < -0.39 is 28.9 Å². The Balaban J connectivity index is 1.45. The predicted octanol–water partition coefficient (Wildman–Crippen LogP) is 11.3. The van der Waals surface area contributed by atoms with E-state index in [1.54, 1.807) is 48.5 Å². The molecule has 232 valence electrons. The lowest BCUT2D eigenvalue weighted by Crippen LogP contribution is -2.54. The van der Waals surface area contributed by atoms with Gasteiger partial charge in [-0.1, -0.05) is 84.9 Å². The van der Waals surface area contributed by atoms with Gasteiger partial charge in [-0.2, -0.15) is 26.3 Å². The van der Waals surface area contributed by atoms with Crippen LogP contribution in [0.2, 0.25) is 0 Å². The van der Waals surface area contributed by atoms with Gasteiger partial charge in [-0.3, -0.25) is 0 Å². The molecule has 0 N–H and O–H groups in total. The van der Waals surface area contributed by atoms with Gasteiger partial charge in [0.25, 0.3) is 0 Å². The van der Waals surface area contributed by atoms with E-state index in [9.17, 15) is 0 Å². The highest BCUT2D eigenvalue weighted by molar-refractivity contribution is 6.11. The summed E-state index contributed by atoms with van der Waals surface area (Å²) in [5.41, 5.74) is -2.28. The van der Waals surface area contributed by atoms with Crippen molar-refractivity contribution in [3.63, 3.8) is 0 Å². The smallest absolute Gasteiger partial charge is 0.309 e. The molecule has 0 saturated carbocycles. The van der Waals surface area contributed by atoms with Gasteiger partial charge >= 0.3 is 12.4 Å². The standard InChI is InChI=1S/C39H24F6N2/c40-38(41,42)37(39(43,44)45,25-19-21-35-31(23-25)29-15-7-9-17-33(29)46(35)27-11-3-1-4-12-27)26-20-22-36-32(24-26)30-16-8-10-18-34(30)47(36)28-13-5-2-6-14-28/h1-24H. The zero-order chi connectivity index (χ0) is 32.6. The summed E-state index contributed by atoms with van der Waals surface area (Å²) in [6.45, 7) is 0. The molecular weight excluding hydrogens is 610 g/mol. The fraction of sp³-hybridized carbons (Fsp3) is 0.0769. The van der Waals surface area contributed by atoms with Gasteiger partial charge in [-0.15, -0.1) is 0 Å². The average Bonchev–Trinajstić information content (AvgIpc) is 3.57. The molecule has 0 amide bonds. The van der Waals surface area contributed by atoms with Gasteiger partial charge < -0.3 is 9.13 Å². The second kappa shape index (κ2) is 10.3. The van der Waals surface area contributed by atoms with Crippen molar-refractivity contribution < 1.29 is 26.3 Å². The summed E-state index contributed by atoms with van der Waals surface area (Å²) in [7, 11) is 0. The Bertz CT molecular complexity index is 2260. The Hall–Kier alpha value is -5.50. The van der Waals surface area contributed by atoms with E-state index in [1.807, 2.05) is 69.8 Å². The molecule has 0 aliphatic rings. The van der Waals surface area contributed by atoms with Crippen molar-refractivity contribution in [3.8, 4) is 11.4 Å². The van der Waals surface area contributed by atoms with Gasteiger partial charge in [0.15, 0.2) is 0 Å². The third kappa shape index (κ3) is 4.13. The number of hydrogen-bond donors (Lipinski definition) is 0. The predicted molar refractivity (Wildman–Crippen MR) is 174 cm³/mol. The molecule has 0 fully saturated rings. The molecule has 0 unspecified atom stereocenters. The normalized spacial score (nSPS) is 12.9. The summed E-state index contributed by atoms with van der Waals surface area (Å²) in [4.78, 5) is 0. The third-order valence-corrected chi connectivity index (χ3v) is 9.09. The van der Waals surface area contributed by atoms with Crippen molar-refractivity contribution in [2.24, 2.45) is 0 Å². The lowest BCUT2D eigenvalue weighted by molar-refractivity contribution is -0.288. The Morgan fingerprint density at radius 1 is 0.340 bits per heavy atom. The van der Waals surface area contributed by atoms with Crippen molar-refractivity contribution in [1.82, 2.24) is 9.13 Å².